The Balaban J connectivity index is 3.02. The van der Waals surface area contributed by atoms with Crippen LogP contribution in [0.4, 0.5) is 8.78 Å². The minimum absolute atomic E-state index is 0.0632. The largest absolute Gasteiger partial charge is 0.300 e. The molecule has 1 aromatic carbocycles. The third kappa shape index (κ3) is 2.80. The van der Waals surface area contributed by atoms with Gasteiger partial charge in [0.25, 0.3) is 6.43 Å². The van der Waals surface area contributed by atoms with Crippen LogP contribution in [0.5, 0.6) is 0 Å². The predicted octanol–water partition coefficient (Wildman–Crippen LogP) is 3.04. The van der Waals surface area contributed by atoms with E-state index < -0.39 is 6.43 Å². The molecule has 1 rings (SSSR count). The second kappa shape index (κ2) is 4.55. The van der Waals surface area contributed by atoms with Gasteiger partial charge in [0, 0.05) is 16.9 Å². The first-order valence-electron chi connectivity index (χ1n) is 4.10. The normalized spacial score (nSPS) is 10.6. The van der Waals surface area contributed by atoms with Crippen LogP contribution in [0, 0.1) is 0 Å². The molecule has 1 aromatic rings. The minimum atomic E-state index is -2.50. The summed E-state index contributed by atoms with van der Waals surface area (Å²) < 4.78 is 24.6. The molecular weight excluding hydrogens is 206 g/mol. The number of hydrogen-bond acceptors (Lipinski definition) is 2. The van der Waals surface area contributed by atoms with E-state index in [1.54, 1.807) is 0 Å². The number of halogens is 2. The fourth-order valence-corrected chi connectivity index (χ4v) is 1.37. The summed E-state index contributed by atoms with van der Waals surface area (Å²) in [5, 5.41) is 0. The molecule has 14 heavy (non-hydrogen) atoms. The maximum atomic E-state index is 12.3. The van der Waals surface area contributed by atoms with Gasteiger partial charge in [0.2, 0.25) is 0 Å². The Kier molecular flexibility index (Phi) is 3.63. The van der Waals surface area contributed by atoms with Gasteiger partial charge in [-0.25, -0.2) is 8.78 Å². The number of rotatable bonds is 3. The summed E-state index contributed by atoms with van der Waals surface area (Å²) in [6.07, 6.45) is -2.35. The molecule has 0 aromatic heterocycles. The fourth-order valence-electron chi connectivity index (χ4n) is 1.15. The van der Waals surface area contributed by atoms with Gasteiger partial charge in [-0.2, -0.15) is 0 Å². The van der Waals surface area contributed by atoms with Crippen LogP contribution in [0.2, 0.25) is 0 Å². The Bertz CT molecular complexity index is 350. The molecule has 0 heterocycles. The first-order valence-corrected chi connectivity index (χ1v) is 4.55. The van der Waals surface area contributed by atoms with Crippen molar-refractivity contribution in [3.63, 3.8) is 0 Å². The number of Topliss-reactive ketones (excluding diaryl/α,β-unsaturated/α-hetero) is 1. The third-order valence-corrected chi connectivity index (χ3v) is 2.23. The summed E-state index contributed by atoms with van der Waals surface area (Å²) in [4.78, 5) is 11.4. The zero-order chi connectivity index (χ0) is 10.7. The maximum absolute atomic E-state index is 12.3. The highest BCUT2D eigenvalue weighted by atomic mass is 32.1. The molecule has 76 valence electrons. The molecule has 0 bridgehead atoms. The van der Waals surface area contributed by atoms with E-state index >= 15 is 0 Å². The smallest absolute Gasteiger partial charge is 0.263 e. The standard InChI is InChI=1S/C10H10F2OS/c1-6(13)4-8-5-7(10(11)12)2-3-9(8)14/h2-3,5,10,14H,4H2,1H3. The van der Waals surface area contributed by atoms with Crippen LogP contribution in [0.15, 0.2) is 23.1 Å². The zero-order valence-corrected chi connectivity index (χ0v) is 8.52. The van der Waals surface area contributed by atoms with Gasteiger partial charge in [0.15, 0.2) is 0 Å². The van der Waals surface area contributed by atoms with Crippen LogP contribution in [0.3, 0.4) is 0 Å². The summed E-state index contributed by atoms with van der Waals surface area (Å²) in [5.74, 6) is -0.0632. The van der Waals surface area contributed by atoms with Gasteiger partial charge in [-0.3, -0.25) is 4.79 Å². The Morgan fingerprint density at radius 3 is 2.64 bits per heavy atom. The van der Waals surface area contributed by atoms with Crippen molar-refractivity contribution in [2.45, 2.75) is 24.7 Å². The van der Waals surface area contributed by atoms with Crippen LogP contribution in [-0.4, -0.2) is 5.78 Å². The monoisotopic (exact) mass is 216 g/mol. The second-order valence-electron chi connectivity index (χ2n) is 3.07. The van der Waals surface area contributed by atoms with E-state index in [1.807, 2.05) is 0 Å². The van der Waals surface area contributed by atoms with Crippen LogP contribution in [0.1, 0.15) is 24.5 Å². The minimum Gasteiger partial charge on any atom is -0.300 e. The molecule has 0 saturated heterocycles. The molecular formula is C10H10F2OS. The Morgan fingerprint density at radius 2 is 2.14 bits per heavy atom. The van der Waals surface area contributed by atoms with Gasteiger partial charge in [0.05, 0.1) is 0 Å². The number of alkyl halides is 2. The van der Waals surface area contributed by atoms with Gasteiger partial charge in [-0.05, 0) is 24.6 Å². The Labute approximate surface area is 86.5 Å². The average Bonchev–Trinajstić information content (AvgIpc) is 2.07. The van der Waals surface area contributed by atoms with Crippen molar-refractivity contribution >= 4 is 18.4 Å². The maximum Gasteiger partial charge on any atom is 0.263 e. The lowest BCUT2D eigenvalue weighted by atomic mass is 10.1. The number of thiol groups is 1. The summed E-state index contributed by atoms with van der Waals surface area (Å²) in [5.41, 5.74) is 0.484. The van der Waals surface area contributed by atoms with Crippen molar-refractivity contribution < 1.29 is 13.6 Å². The lowest BCUT2D eigenvalue weighted by molar-refractivity contribution is -0.116. The first kappa shape index (κ1) is 11.2. The van der Waals surface area contributed by atoms with Gasteiger partial charge in [0.1, 0.15) is 5.78 Å². The van der Waals surface area contributed by atoms with E-state index in [-0.39, 0.29) is 17.8 Å². The number of carbonyl (C=O) groups excluding carboxylic acids is 1. The zero-order valence-electron chi connectivity index (χ0n) is 7.63. The molecule has 0 amide bonds. The lowest BCUT2D eigenvalue weighted by Gasteiger charge is -2.05. The third-order valence-electron chi connectivity index (χ3n) is 1.79. The van der Waals surface area contributed by atoms with Gasteiger partial charge in [-0.15, -0.1) is 12.6 Å². The van der Waals surface area contributed by atoms with E-state index in [1.165, 1.54) is 25.1 Å². The van der Waals surface area contributed by atoms with Crippen molar-refractivity contribution in [2.24, 2.45) is 0 Å². The Morgan fingerprint density at radius 1 is 1.50 bits per heavy atom. The number of hydrogen-bond donors (Lipinski definition) is 1. The summed E-state index contributed by atoms with van der Waals surface area (Å²) in [6, 6.07) is 4.13. The predicted molar refractivity (Wildman–Crippen MR) is 53.0 cm³/mol. The van der Waals surface area contributed by atoms with Crippen molar-refractivity contribution in [3.05, 3.63) is 29.3 Å². The van der Waals surface area contributed by atoms with Gasteiger partial charge >= 0.3 is 0 Å². The lowest BCUT2D eigenvalue weighted by Crippen LogP contribution is -1.99. The fraction of sp³-hybridized carbons (Fsp3) is 0.300. The van der Waals surface area contributed by atoms with Gasteiger partial charge in [-0.1, -0.05) is 6.07 Å². The molecule has 0 saturated carbocycles. The second-order valence-corrected chi connectivity index (χ2v) is 3.55. The van der Waals surface area contributed by atoms with Crippen LogP contribution in [-0.2, 0) is 11.2 Å². The molecule has 4 heteroatoms. The molecule has 1 nitrogen and oxygen atoms in total. The number of carbonyl (C=O) groups is 1. The van der Waals surface area contributed by atoms with E-state index in [2.05, 4.69) is 12.6 Å². The molecule has 0 aliphatic carbocycles. The van der Waals surface area contributed by atoms with Crippen LogP contribution in [0.25, 0.3) is 0 Å². The molecule has 0 aliphatic rings. The van der Waals surface area contributed by atoms with E-state index in [9.17, 15) is 13.6 Å². The van der Waals surface area contributed by atoms with E-state index in [0.29, 0.717) is 10.5 Å². The SMILES string of the molecule is CC(=O)Cc1cc(C(F)F)ccc1S. The number of benzene rings is 1. The molecule has 0 fully saturated rings. The Hall–Kier alpha value is -0.900. The van der Waals surface area contributed by atoms with Crippen LogP contribution >= 0.6 is 12.6 Å². The van der Waals surface area contributed by atoms with Crippen molar-refractivity contribution in [3.8, 4) is 0 Å². The average molecular weight is 216 g/mol. The highest BCUT2D eigenvalue weighted by molar-refractivity contribution is 7.80. The molecule has 0 radical (unpaired) electrons. The summed E-state index contributed by atoms with van der Waals surface area (Å²) in [6.45, 7) is 1.42. The number of ketones is 1. The highest BCUT2D eigenvalue weighted by Crippen LogP contribution is 2.23. The molecule has 0 aliphatic heterocycles. The van der Waals surface area contributed by atoms with Crippen molar-refractivity contribution in [1.82, 2.24) is 0 Å². The van der Waals surface area contributed by atoms with Crippen LogP contribution < -0.4 is 0 Å². The molecule has 0 atom stereocenters. The summed E-state index contributed by atoms with van der Waals surface area (Å²) in [7, 11) is 0. The van der Waals surface area contributed by atoms with Gasteiger partial charge < -0.3 is 0 Å². The summed E-state index contributed by atoms with van der Waals surface area (Å²) >= 11 is 4.09. The van der Waals surface area contributed by atoms with Crippen molar-refractivity contribution in [1.29, 1.82) is 0 Å². The van der Waals surface area contributed by atoms with E-state index in [4.69, 9.17) is 0 Å². The quantitative estimate of drug-likeness (QED) is 0.768. The molecule has 0 spiro atoms. The molecule has 0 N–H and O–H groups in total. The topological polar surface area (TPSA) is 17.1 Å². The van der Waals surface area contributed by atoms with E-state index in [0.717, 1.165) is 0 Å². The first-order chi connectivity index (χ1) is 6.50. The molecule has 0 unspecified atom stereocenters. The highest BCUT2D eigenvalue weighted by Gasteiger charge is 2.10. The van der Waals surface area contributed by atoms with Crippen molar-refractivity contribution in [2.75, 3.05) is 0 Å².